The molecule has 0 atom stereocenters. The Morgan fingerprint density at radius 1 is 1.54 bits per heavy atom. The Balaban J connectivity index is 2.82. The molecule has 0 aliphatic rings. The van der Waals surface area contributed by atoms with Gasteiger partial charge in [-0.1, -0.05) is 0 Å². The fraction of sp³-hybridized carbons (Fsp3) is 0.375. The molecule has 0 aliphatic heterocycles. The van der Waals surface area contributed by atoms with Crippen molar-refractivity contribution >= 4 is 5.90 Å². The molecule has 0 unspecified atom stereocenters. The first-order valence-electron chi connectivity index (χ1n) is 3.85. The summed E-state index contributed by atoms with van der Waals surface area (Å²) >= 11 is 0. The minimum atomic E-state index is 0.0307. The van der Waals surface area contributed by atoms with Crippen LogP contribution in [0.3, 0.4) is 0 Å². The van der Waals surface area contributed by atoms with Gasteiger partial charge in [0.15, 0.2) is 0 Å². The van der Waals surface area contributed by atoms with Crippen molar-refractivity contribution in [3.05, 3.63) is 18.1 Å². The average molecular weight is 181 g/mol. The van der Waals surface area contributed by atoms with Gasteiger partial charge in [-0.25, -0.2) is 9.97 Å². The highest BCUT2D eigenvalue weighted by atomic mass is 16.5. The third-order valence-corrected chi connectivity index (χ3v) is 1.37. The van der Waals surface area contributed by atoms with Gasteiger partial charge in [-0.3, -0.25) is 5.41 Å². The first-order valence-corrected chi connectivity index (χ1v) is 3.85. The van der Waals surface area contributed by atoms with Crippen LogP contribution in [0.15, 0.2) is 12.4 Å². The van der Waals surface area contributed by atoms with Crippen molar-refractivity contribution in [2.75, 3.05) is 13.7 Å². The maximum absolute atomic E-state index is 7.43. The SMILES string of the molecule is CCOC(=N)c1cc(OC)ncn1. The molecule has 1 rings (SSSR count). The van der Waals surface area contributed by atoms with E-state index in [1.165, 1.54) is 13.4 Å². The quantitative estimate of drug-likeness (QED) is 0.554. The van der Waals surface area contributed by atoms with E-state index in [0.29, 0.717) is 18.2 Å². The van der Waals surface area contributed by atoms with E-state index in [2.05, 4.69) is 9.97 Å². The standard InChI is InChI=1S/C8H11N3O2/c1-3-13-8(9)6-4-7(12-2)11-5-10-6/h4-5,9H,3H2,1-2H3. The number of hydrogen-bond donors (Lipinski definition) is 1. The van der Waals surface area contributed by atoms with Crippen LogP contribution in [0.25, 0.3) is 0 Å². The predicted molar refractivity (Wildman–Crippen MR) is 47.0 cm³/mol. The summed E-state index contributed by atoms with van der Waals surface area (Å²) in [6, 6.07) is 1.55. The zero-order valence-electron chi connectivity index (χ0n) is 7.57. The van der Waals surface area contributed by atoms with Gasteiger partial charge in [-0.15, -0.1) is 0 Å². The molecule has 13 heavy (non-hydrogen) atoms. The maximum atomic E-state index is 7.43. The van der Waals surface area contributed by atoms with Crippen molar-refractivity contribution in [2.24, 2.45) is 0 Å². The number of ether oxygens (including phenoxy) is 2. The maximum Gasteiger partial charge on any atom is 0.232 e. The van der Waals surface area contributed by atoms with Gasteiger partial charge in [0.2, 0.25) is 11.8 Å². The first kappa shape index (κ1) is 9.44. The number of hydrogen-bond acceptors (Lipinski definition) is 5. The molecule has 5 nitrogen and oxygen atoms in total. The van der Waals surface area contributed by atoms with E-state index in [4.69, 9.17) is 14.9 Å². The number of aromatic nitrogens is 2. The molecule has 1 N–H and O–H groups in total. The Morgan fingerprint density at radius 2 is 2.31 bits per heavy atom. The number of nitrogens with zero attached hydrogens (tertiary/aromatic N) is 2. The Morgan fingerprint density at radius 3 is 2.92 bits per heavy atom. The summed E-state index contributed by atoms with van der Waals surface area (Å²) in [5.74, 6) is 0.456. The second kappa shape index (κ2) is 4.39. The first-order chi connectivity index (χ1) is 6.27. The molecule has 0 spiro atoms. The third-order valence-electron chi connectivity index (χ3n) is 1.37. The fourth-order valence-electron chi connectivity index (χ4n) is 0.794. The molecule has 0 amide bonds. The van der Waals surface area contributed by atoms with Crippen LogP contribution in [0.4, 0.5) is 0 Å². The molecule has 1 aromatic rings. The predicted octanol–water partition coefficient (Wildman–Crippen LogP) is 0.847. The fourth-order valence-corrected chi connectivity index (χ4v) is 0.794. The summed E-state index contributed by atoms with van der Waals surface area (Å²) in [5.41, 5.74) is 0.425. The summed E-state index contributed by atoms with van der Waals surface area (Å²) < 4.78 is 9.84. The minimum absolute atomic E-state index is 0.0307. The Hall–Kier alpha value is -1.65. The highest BCUT2D eigenvalue weighted by molar-refractivity contribution is 5.89. The highest BCUT2D eigenvalue weighted by Gasteiger charge is 2.04. The largest absolute Gasteiger partial charge is 0.481 e. The molecule has 1 heterocycles. The lowest BCUT2D eigenvalue weighted by Crippen LogP contribution is -2.07. The van der Waals surface area contributed by atoms with Crippen LogP contribution < -0.4 is 4.74 Å². The van der Waals surface area contributed by atoms with E-state index < -0.39 is 0 Å². The topological polar surface area (TPSA) is 68.1 Å². The summed E-state index contributed by atoms with van der Waals surface area (Å²) in [6.45, 7) is 2.26. The third kappa shape index (κ3) is 2.40. The van der Waals surface area contributed by atoms with Crippen LogP contribution in [-0.2, 0) is 4.74 Å². The normalized spacial score (nSPS) is 9.38. The van der Waals surface area contributed by atoms with Gasteiger partial charge < -0.3 is 9.47 Å². The van der Waals surface area contributed by atoms with Crippen molar-refractivity contribution < 1.29 is 9.47 Å². The van der Waals surface area contributed by atoms with Crippen molar-refractivity contribution in [3.8, 4) is 5.88 Å². The van der Waals surface area contributed by atoms with Crippen LogP contribution in [-0.4, -0.2) is 29.6 Å². The summed E-state index contributed by atoms with van der Waals surface area (Å²) in [6.07, 6.45) is 1.34. The van der Waals surface area contributed by atoms with Gasteiger partial charge in [-0.05, 0) is 6.92 Å². The summed E-state index contributed by atoms with van der Waals surface area (Å²) in [4.78, 5) is 7.68. The highest BCUT2D eigenvalue weighted by Crippen LogP contribution is 2.06. The van der Waals surface area contributed by atoms with E-state index in [-0.39, 0.29) is 5.90 Å². The van der Waals surface area contributed by atoms with Gasteiger partial charge in [0.1, 0.15) is 12.0 Å². The summed E-state index contributed by atoms with van der Waals surface area (Å²) in [5, 5.41) is 7.43. The second-order valence-corrected chi connectivity index (χ2v) is 2.21. The van der Waals surface area contributed by atoms with Crippen LogP contribution >= 0.6 is 0 Å². The van der Waals surface area contributed by atoms with Crippen LogP contribution in [0.2, 0.25) is 0 Å². The molecule has 0 aromatic carbocycles. The zero-order valence-corrected chi connectivity index (χ0v) is 7.57. The van der Waals surface area contributed by atoms with Gasteiger partial charge in [0.25, 0.3) is 0 Å². The van der Waals surface area contributed by atoms with E-state index in [9.17, 15) is 0 Å². The molecule has 5 heteroatoms. The van der Waals surface area contributed by atoms with Gasteiger partial charge in [-0.2, -0.15) is 0 Å². The van der Waals surface area contributed by atoms with E-state index >= 15 is 0 Å². The molecular weight excluding hydrogens is 170 g/mol. The molecule has 0 bridgehead atoms. The molecule has 0 saturated heterocycles. The zero-order chi connectivity index (χ0) is 9.68. The second-order valence-electron chi connectivity index (χ2n) is 2.21. The molecule has 1 aromatic heterocycles. The number of nitrogens with one attached hydrogen (secondary N) is 1. The summed E-state index contributed by atoms with van der Waals surface area (Å²) in [7, 11) is 1.51. The molecule has 0 aliphatic carbocycles. The smallest absolute Gasteiger partial charge is 0.232 e. The van der Waals surface area contributed by atoms with Crippen molar-refractivity contribution in [3.63, 3.8) is 0 Å². The molecule has 0 fully saturated rings. The lowest BCUT2D eigenvalue weighted by atomic mass is 10.4. The molecule has 0 saturated carbocycles. The molecular formula is C8H11N3O2. The van der Waals surface area contributed by atoms with E-state index in [1.807, 2.05) is 6.92 Å². The van der Waals surface area contributed by atoms with Crippen molar-refractivity contribution in [1.82, 2.24) is 9.97 Å². The van der Waals surface area contributed by atoms with E-state index in [0.717, 1.165) is 0 Å². The number of rotatable bonds is 3. The minimum Gasteiger partial charge on any atom is -0.481 e. The van der Waals surface area contributed by atoms with Crippen molar-refractivity contribution in [2.45, 2.75) is 6.92 Å². The van der Waals surface area contributed by atoms with E-state index in [1.54, 1.807) is 6.07 Å². The molecule has 70 valence electrons. The van der Waals surface area contributed by atoms with Crippen LogP contribution in [0.1, 0.15) is 12.6 Å². The Bertz CT molecular complexity index is 301. The van der Waals surface area contributed by atoms with Gasteiger partial charge in [0, 0.05) is 6.07 Å². The lowest BCUT2D eigenvalue weighted by molar-refractivity contribution is 0.324. The average Bonchev–Trinajstić information content (AvgIpc) is 2.18. The Labute approximate surface area is 76.2 Å². The van der Waals surface area contributed by atoms with Crippen LogP contribution in [0.5, 0.6) is 5.88 Å². The number of methoxy groups -OCH3 is 1. The Kier molecular flexibility index (Phi) is 3.19. The lowest BCUT2D eigenvalue weighted by Gasteiger charge is -2.04. The van der Waals surface area contributed by atoms with Gasteiger partial charge in [0.05, 0.1) is 13.7 Å². The molecule has 0 radical (unpaired) electrons. The van der Waals surface area contributed by atoms with Crippen molar-refractivity contribution in [1.29, 1.82) is 5.41 Å². The monoisotopic (exact) mass is 181 g/mol. The van der Waals surface area contributed by atoms with Gasteiger partial charge >= 0.3 is 0 Å². The van der Waals surface area contributed by atoms with Crippen LogP contribution in [0, 0.1) is 5.41 Å².